The predicted octanol–water partition coefficient (Wildman–Crippen LogP) is 2.57. The maximum Gasteiger partial charge on any atom is 0.241 e. The van der Waals surface area contributed by atoms with Crippen LogP contribution in [0.25, 0.3) is 0 Å². The fourth-order valence-electron chi connectivity index (χ4n) is 4.25. The third kappa shape index (κ3) is 4.20. The molecule has 1 aromatic carbocycles. The molecule has 3 heterocycles. The Morgan fingerprint density at radius 2 is 1.85 bits per heavy atom. The molecule has 27 heavy (non-hydrogen) atoms. The molecule has 0 atom stereocenters. The minimum Gasteiger partial charge on any atom is -0.311 e. The lowest BCUT2D eigenvalue weighted by molar-refractivity contribution is -0.120. The Labute approximate surface area is 161 Å². The smallest absolute Gasteiger partial charge is 0.241 e. The molecule has 5 nitrogen and oxygen atoms in total. The highest BCUT2D eigenvalue weighted by Crippen LogP contribution is 2.28. The van der Waals surface area contributed by atoms with Crippen molar-refractivity contribution in [1.82, 2.24) is 14.8 Å². The Hall–Kier alpha value is -2.24. The van der Waals surface area contributed by atoms with Crippen LogP contribution in [0.1, 0.15) is 24.0 Å². The molecule has 0 saturated carbocycles. The fraction of sp³-hybridized carbons (Fsp3) is 0.455. The van der Waals surface area contributed by atoms with Crippen molar-refractivity contribution in [3.8, 4) is 0 Å². The van der Waals surface area contributed by atoms with Gasteiger partial charge in [0.25, 0.3) is 0 Å². The zero-order valence-electron chi connectivity index (χ0n) is 16.1. The second-order valence-electron chi connectivity index (χ2n) is 7.72. The van der Waals surface area contributed by atoms with E-state index in [-0.39, 0.29) is 5.91 Å². The van der Waals surface area contributed by atoms with E-state index >= 15 is 0 Å². The van der Waals surface area contributed by atoms with E-state index in [1.54, 1.807) is 0 Å². The van der Waals surface area contributed by atoms with Crippen molar-refractivity contribution in [3.05, 3.63) is 59.9 Å². The Morgan fingerprint density at radius 1 is 1.11 bits per heavy atom. The van der Waals surface area contributed by atoms with E-state index in [2.05, 4.69) is 52.2 Å². The highest BCUT2D eigenvalue weighted by molar-refractivity contribution is 5.96. The van der Waals surface area contributed by atoms with Crippen molar-refractivity contribution in [2.24, 2.45) is 0 Å². The Morgan fingerprint density at radius 3 is 2.63 bits per heavy atom. The van der Waals surface area contributed by atoms with Crippen molar-refractivity contribution >= 4 is 11.6 Å². The molecule has 0 bridgehead atoms. The van der Waals surface area contributed by atoms with Crippen molar-refractivity contribution in [2.75, 3.05) is 38.1 Å². The van der Waals surface area contributed by atoms with E-state index in [1.807, 2.05) is 23.4 Å². The van der Waals surface area contributed by atoms with Crippen LogP contribution in [-0.4, -0.2) is 60.0 Å². The van der Waals surface area contributed by atoms with Crippen LogP contribution in [0.3, 0.4) is 0 Å². The zero-order chi connectivity index (χ0) is 18.6. The molecule has 0 unspecified atom stereocenters. The Bertz CT molecular complexity index is 771. The highest BCUT2D eigenvalue weighted by Gasteiger charge is 2.29. The number of para-hydroxylation sites is 1. The normalized spacial score (nSPS) is 18.1. The summed E-state index contributed by atoms with van der Waals surface area (Å²) in [6, 6.07) is 12.8. The van der Waals surface area contributed by atoms with Crippen LogP contribution >= 0.6 is 0 Å². The van der Waals surface area contributed by atoms with Crippen LogP contribution in [0.5, 0.6) is 0 Å². The lowest BCUT2D eigenvalue weighted by Crippen LogP contribution is -2.48. The molecule has 142 valence electrons. The standard InChI is InChI=1S/C22H28N4O/c1-24-13-9-20(10-14-24)25(16-18-6-11-23-12-7-18)17-22(27)26-15-8-19-4-2-3-5-21(19)26/h2-7,11-12,20H,8-10,13-17H2,1H3. The van der Waals surface area contributed by atoms with E-state index in [4.69, 9.17) is 0 Å². The summed E-state index contributed by atoms with van der Waals surface area (Å²) in [6.45, 7) is 4.27. The van der Waals surface area contributed by atoms with Crippen molar-refractivity contribution in [1.29, 1.82) is 0 Å². The van der Waals surface area contributed by atoms with Gasteiger partial charge in [0.15, 0.2) is 0 Å². The minimum atomic E-state index is 0.216. The van der Waals surface area contributed by atoms with E-state index in [0.29, 0.717) is 12.6 Å². The second kappa shape index (κ2) is 8.19. The van der Waals surface area contributed by atoms with Gasteiger partial charge in [0.05, 0.1) is 6.54 Å². The molecule has 1 fully saturated rings. The molecule has 4 rings (SSSR count). The van der Waals surface area contributed by atoms with Crippen LogP contribution < -0.4 is 4.90 Å². The molecular formula is C22H28N4O. The number of hydrogen-bond acceptors (Lipinski definition) is 4. The quantitative estimate of drug-likeness (QED) is 0.818. The van der Waals surface area contributed by atoms with Gasteiger partial charge in [0, 0.05) is 37.2 Å². The van der Waals surface area contributed by atoms with Gasteiger partial charge in [-0.25, -0.2) is 0 Å². The molecular weight excluding hydrogens is 336 g/mol. The third-order valence-corrected chi connectivity index (χ3v) is 5.87. The third-order valence-electron chi connectivity index (χ3n) is 5.87. The molecule has 0 aliphatic carbocycles. The summed E-state index contributed by atoms with van der Waals surface area (Å²) in [6.07, 6.45) is 6.86. The molecule has 0 spiro atoms. The first-order valence-electron chi connectivity index (χ1n) is 9.90. The topological polar surface area (TPSA) is 39.7 Å². The molecule has 0 N–H and O–H groups in total. The number of piperidine rings is 1. The summed E-state index contributed by atoms with van der Waals surface area (Å²) in [5.74, 6) is 0.216. The van der Waals surface area contributed by atoms with Gasteiger partial charge in [-0.05, 0) is 68.7 Å². The van der Waals surface area contributed by atoms with Gasteiger partial charge in [-0.15, -0.1) is 0 Å². The molecule has 2 aliphatic heterocycles. The van der Waals surface area contributed by atoms with Crippen LogP contribution in [0.15, 0.2) is 48.8 Å². The number of pyridine rings is 1. The largest absolute Gasteiger partial charge is 0.311 e. The van der Waals surface area contributed by atoms with E-state index in [0.717, 1.165) is 51.1 Å². The van der Waals surface area contributed by atoms with Gasteiger partial charge in [-0.2, -0.15) is 0 Å². The van der Waals surface area contributed by atoms with E-state index < -0.39 is 0 Å². The summed E-state index contributed by atoms with van der Waals surface area (Å²) in [7, 11) is 2.18. The number of benzene rings is 1. The lowest BCUT2D eigenvalue weighted by atomic mass is 10.0. The Balaban J connectivity index is 1.49. The molecule has 1 aromatic heterocycles. The lowest BCUT2D eigenvalue weighted by Gasteiger charge is -2.37. The number of hydrogen-bond donors (Lipinski definition) is 0. The first-order valence-corrected chi connectivity index (χ1v) is 9.90. The average molecular weight is 364 g/mol. The summed E-state index contributed by atoms with van der Waals surface area (Å²) < 4.78 is 0. The first kappa shape index (κ1) is 18.1. The zero-order valence-corrected chi connectivity index (χ0v) is 16.1. The summed E-state index contributed by atoms with van der Waals surface area (Å²) >= 11 is 0. The molecule has 2 aromatic rings. The molecule has 5 heteroatoms. The van der Waals surface area contributed by atoms with Crippen LogP contribution in [0.4, 0.5) is 5.69 Å². The number of fused-ring (bicyclic) bond motifs is 1. The number of nitrogens with zero attached hydrogens (tertiary/aromatic N) is 4. The number of amides is 1. The fourth-order valence-corrected chi connectivity index (χ4v) is 4.25. The maximum atomic E-state index is 13.2. The SMILES string of the molecule is CN1CCC(N(CC(=O)N2CCc3ccccc32)Cc2ccncc2)CC1. The van der Waals surface area contributed by atoms with E-state index in [9.17, 15) is 4.79 Å². The summed E-state index contributed by atoms with van der Waals surface area (Å²) in [4.78, 5) is 24.0. The Kier molecular flexibility index (Phi) is 5.50. The monoisotopic (exact) mass is 364 g/mol. The number of rotatable bonds is 5. The maximum absolute atomic E-state index is 13.2. The first-order chi connectivity index (χ1) is 13.2. The van der Waals surface area contributed by atoms with Crippen molar-refractivity contribution in [3.63, 3.8) is 0 Å². The van der Waals surface area contributed by atoms with Gasteiger partial charge in [0.1, 0.15) is 0 Å². The van der Waals surface area contributed by atoms with Gasteiger partial charge < -0.3 is 9.80 Å². The molecule has 2 aliphatic rings. The number of aromatic nitrogens is 1. The second-order valence-corrected chi connectivity index (χ2v) is 7.72. The number of carbonyl (C=O) groups excluding carboxylic acids is 1. The van der Waals surface area contributed by atoms with Crippen molar-refractivity contribution < 1.29 is 4.79 Å². The summed E-state index contributed by atoms with van der Waals surface area (Å²) in [5, 5.41) is 0. The van der Waals surface area contributed by atoms with Gasteiger partial charge >= 0.3 is 0 Å². The highest BCUT2D eigenvalue weighted by atomic mass is 16.2. The summed E-state index contributed by atoms with van der Waals surface area (Å²) in [5.41, 5.74) is 3.60. The predicted molar refractivity (Wildman–Crippen MR) is 108 cm³/mol. The van der Waals surface area contributed by atoms with Gasteiger partial charge in [-0.3, -0.25) is 14.7 Å². The number of likely N-dealkylation sites (tertiary alicyclic amines) is 1. The van der Waals surface area contributed by atoms with Crippen LogP contribution in [0, 0.1) is 0 Å². The van der Waals surface area contributed by atoms with Crippen molar-refractivity contribution in [2.45, 2.75) is 31.8 Å². The van der Waals surface area contributed by atoms with Gasteiger partial charge in [0.2, 0.25) is 5.91 Å². The average Bonchev–Trinajstić information content (AvgIpc) is 3.13. The molecule has 1 saturated heterocycles. The number of carbonyl (C=O) groups is 1. The molecule has 1 amide bonds. The van der Waals surface area contributed by atoms with Crippen LogP contribution in [0.2, 0.25) is 0 Å². The number of anilines is 1. The molecule has 0 radical (unpaired) electrons. The van der Waals surface area contributed by atoms with Crippen LogP contribution in [-0.2, 0) is 17.8 Å². The minimum absolute atomic E-state index is 0.216. The van der Waals surface area contributed by atoms with E-state index in [1.165, 1.54) is 11.1 Å². The van der Waals surface area contributed by atoms with Gasteiger partial charge in [-0.1, -0.05) is 18.2 Å².